The van der Waals surface area contributed by atoms with Crippen LogP contribution in [-0.2, 0) is 20.5 Å². The van der Waals surface area contributed by atoms with Crippen molar-refractivity contribution in [2.45, 2.75) is 6.42 Å². The number of rotatable bonds is 0. The van der Waals surface area contributed by atoms with Gasteiger partial charge in [0.2, 0.25) is 0 Å². The van der Waals surface area contributed by atoms with Gasteiger partial charge < -0.3 is 0 Å². The summed E-state index contributed by atoms with van der Waals surface area (Å²) in [4.78, 5) is 9.42. The molecule has 0 bridgehead atoms. The van der Waals surface area contributed by atoms with Crippen molar-refractivity contribution < 1.29 is 9.13 Å². The normalized spacial score (nSPS) is 13.5. The number of benzene rings is 1. The molecule has 26 heavy (non-hydrogen) atoms. The molecule has 0 aliphatic carbocycles. The van der Waals surface area contributed by atoms with Gasteiger partial charge in [-0.1, -0.05) is 18.2 Å². The van der Waals surface area contributed by atoms with Crippen LogP contribution in [0.4, 0.5) is 0 Å². The Hall–Kier alpha value is -3.08. The van der Waals surface area contributed by atoms with Crippen LogP contribution in [0.25, 0.3) is 22.0 Å². The minimum atomic E-state index is 0.166. The topological polar surface area (TPSA) is 33.5 Å². The number of pyridine rings is 2. The molecule has 3 aromatic heterocycles. The molecule has 0 atom stereocenters. The zero-order valence-corrected chi connectivity index (χ0v) is 14.8. The zero-order chi connectivity index (χ0) is 17.4. The molecule has 4 nitrogen and oxygen atoms in total. The second-order valence-corrected chi connectivity index (χ2v) is 7.30. The van der Waals surface area contributed by atoms with Crippen LogP contribution in [0.1, 0.15) is 11.3 Å². The predicted molar refractivity (Wildman–Crippen MR) is 101 cm³/mol. The lowest BCUT2D eigenvalue weighted by molar-refractivity contribution is -0.658. The lowest BCUT2D eigenvalue weighted by Crippen LogP contribution is -2.74. The van der Waals surface area contributed by atoms with E-state index in [0.29, 0.717) is 0 Å². The van der Waals surface area contributed by atoms with Crippen molar-refractivity contribution in [1.82, 2.24) is 9.97 Å². The molecule has 0 saturated heterocycles. The van der Waals surface area contributed by atoms with E-state index < -0.39 is 0 Å². The fourth-order valence-corrected chi connectivity index (χ4v) is 4.88. The average Bonchev–Trinajstić information content (AvgIpc) is 2.66. The Kier molecular flexibility index (Phi) is 2.59. The molecule has 6 rings (SSSR count). The Bertz CT molecular complexity index is 1250. The molecule has 0 saturated carbocycles. The quantitative estimate of drug-likeness (QED) is 0.281. The van der Waals surface area contributed by atoms with Crippen molar-refractivity contribution >= 4 is 34.1 Å². The molecule has 2 aliphatic rings. The minimum absolute atomic E-state index is 0.166. The van der Waals surface area contributed by atoms with Crippen LogP contribution in [-0.4, -0.2) is 16.7 Å². The Morgan fingerprint density at radius 3 is 2.73 bits per heavy atom. The number of hydrogen-bond donors (Lipinski definition) is 0. The molecular weight excluding hydrogens is 319 g/mol. The highest BCUT2D eigenvalue weighted by Gasteiger charge is 2.49. The molecule has 0 spiro atoms. The summed E-state index contributed by atoms with van der Waals surface area (Å²) in [5.74, 6) is 0. The summed E-state index contributed by atoms with van der Waals surface area (Å²) in [6, 6.07) is 13.1. The first-order chi connectivity index (χ1) is 12.7. The minimum Gasteiger partial charge on any atom is -0.242 e. The van der Waals surface area contributed by atoms with Crippen molar-refractivity contribution in [2.24, 2.45) is 14.1 Å². The SMILES string of the molecule is C[n+]1cccc2c1B1c3c(ncnc3-c3cccc4cc[n+](C)c1c34)C2. The summed E-state index contributed by atoms with van der Waals surface area (Å²) in [5.41, 5.74) is 8.81. The largest absolute Gasteiger partial charge is 0.410 e. The highest BCUT2D eigenvalue weighted by molar-refractivity contribution is 6.97. The lowest BCUT2D eigenvalue weighted by atomic mass is 9.34. The second kappa shape index (κ2) is 4.76. The van der Waals surface area contributed by atoms with E-state index in [2.05, 4.69) is 77.0 Å². The van der Waals surface area contributed by atoms with E-state index in [1.807, 2.05) is 0 Å². The molecule has 0 fully saturated rings. The maximum atomic E-state index is 4.74. The Morgan fingerprint density at radius 1 is 0.923 bits per heavy atom. The first kappa shape index (κ1) is 14.1. The first-order valence-electron chi connectivity index (χ1n) is 8.97. The molecule has 1 aromatic carbocycles. The van der Waals surface area contributed by atoms with Gasteiger partial charge in [-0.15, -0.1) is 0 Å². The highest BCUT2D eigenvalue weighted by atomic mass is 14.9. The van der Waals surface area contributed by atoms with Crippen molar-refractivity contribution in [3.63, 3.8) is 0 Å². The first-order valence-corrected chi connectivity index (χ1v) is 8.97. The van der Waals surface area contributed by atoms with Crippen LogP contribution in [0.2, 0.25) is 0 Å². The zero-order valence-electron chi connectivity index (χ0n) is 14.8. The molecule has 5 heteroatoms. The van der Waals surface area contributed by atoms with Crippen molar-refractivity contribution in [2.75, 3.05) is 0 Å². The van der Waals surface area contributed by atoms with Crippen LogP contribution >= 0.6 is 0 Å². The molecule has 4 aromatic rings. The van der Waals surface area contributed by atoms with Gasteiger partial charge in [0.25, 0.3) is 0 Å². The summed E-state index contributed by atoms with van der Waals surface area (Å²) < 4.78 is 4.55. The van der Waals surface area contributed by atoms with Gasteiger partial charge in [0, 0.05) is 40.8 Å². The molecule has 5 heterocycles. The van der Waals surface area contributed by atoms with Crippen LogP contribution in [0.3, 0.4) is 0 Å². The molecule has 122 valence electrons. The van der Waals surface area contributed by atoms with Crippen LogP contribution in [0, 0.1) is 0 Å². The third-order valence-electron chi connectivity index (χ3n) is 5.94. The van der Waals surface area contributed by atoms with Gasteiger partial charge >= 0.3 is 6.71 Å². The summed E-state index contributed by atoms with van der Waals surface area (Å²) in [6.45, 7) is 0.166. The monoisotopic (exact) mass is 336 g/mol. The third kappa shape index (κ3) is 1.61. The van der Waals surface area contributed by atoms with Crippen LogP contribution < -0.4 is 25.8 Å². The maximum absolute atomic E-state index is 4.74. The van der Waals surface area contributed by atoms with Crippen LogP contribution in [0.5, 0.6) is 0 Å². The summed E-state index contributed by atoms with van der Waals surface area (Å²) in [5, 5.41) is 2.59. The fourth-order valence-electron chi connectivity index (χ4n) is 4.88. The number of hydrogen-bond acceptors (Lipinski definition) is 2. The lowest BCUT2D eigenvalue weighted by Gasteiger charge is -2.27. The molecule has 0 amide bonds. The highest BCUT2D eigenvalue weighted by Crippen LogP contribution is 2.29. The van der Waals surface area contributed by atoms with Crippen molar-refractivity contribution in [1.29, 1.82) is 0 Å². The van der Waals surface area contributed by atoms with Crippen molar-refractivity contribution in [3.05, 3.63) is 66.4 Å². The fraction of sp³-hybridized carbons (Fsp3) is 0.143. The van der Waals surface area contributed by atoms with E-state index in [4.69, 9.17) is 4.98 Å². The number of nitrogens with zero attached hydrogens (tertiary/aromatic N) is 4. The van der Waals surface area contributed by atoms with Gasteiger partial charge in [-0.25, -0.2) is 19.1 Å². The molecule has 2 aliphatic heterocycles. The molecule has 0 radical (unpaired) electrons. The van der Waals surface area contributed by atoms with E-state index in [0.717, 1.165) is 17.8 Å². The molecular formula is C21H17BN4+2. The predicted octanol–water partition coefficient (Wildman–Crippen LogP) is -0.320. The summed E-state index contributed by atoms with van der Waals surface area (Å²) in [7, 11) is 4.30. The number of fused-ring (bicyclic) bond motifs is 4. The Morgan fingerprint density at radius 2 is 1.81 bits per heavy atom. The van der Waals surface area contributed by atoms with Gasteiger partial charge in [0.15, 0.2) is 23.6 Å². The average molecular weight is 336 g/mol. The van der Waals surface area contributed by atoms with Crippen molar-refractivity contribution in [3.8, 4) is 11.3 Å². The standard InChI is InChI=1S/C21H17BN4/c1-25-9-4-6-14-11-16-18-19(24-12-23-16)15-7-3-5-13-8-10-26(2)21(17(13)15)22(18)20(14)25/h3-10,12H,11H2,1-2H3/q+2. The Balaban J connectivity index is 1.87. The van der Waals surface area contributed by atoms with E-state index >= 15 is 0 Å². The summed E-state index contributed by atoms with van der Waals surface area (Å²) in [6.07, 6.45) is 6.92. The number of aryl methyl sites for hydroxylation is 2. The van der Waals surface area contributed by atoms with Gasteiger partial charge in [0.1, 0.15) is 20.4 Å². The second-order valence-electron chi connectivity index (χ2n) is 7.30. The number of aromatic nitrogens is 4. The van der Waals surface area contributed by atoms with Crippen LogP contribution in [0.15, 0.2) is 55.1 Å². The van der Waals surface area contributed by atoms with E-state index in [1.54, 1.807) is 6.33 Å². The van der Waals surface area contributed by atoms with E-state index in [-0.39, 0.29) is 6.71 Å². The molecule has 0 N–H and O–H groups in total. The van der Waals surface area contributed by atoms with Gasteiger partial charge in [-0.2, -0.15) is 0 Å². The van der Waals surface area contributed by atoms with E-state index in [1.165, 1.54) is 38.5 Å². The smallest absolute Gasteiger partial charge is 0.242 e. The maximum Gasteiger partial charge on any atom is 0.410 e. The summed E-state index contributed by atoms with van der Waals surface area (Å²) >= 11 is 0. The van der Waals surface area contributed by atoms with E-state index in [9.17, 15) is 0 Å². The van der Waals surface area contributed by atoms with Gasteiger partial charge in [-0.3, -0.25) is 0 Å². The molecule has 0 unspecified atom stereocenters. The van der Waals surface area contributed by atoms with Gasteiger partial charge in [0.05, 0.1) is 5.69 Å². The third-order valence-corrected chi connectivity index (χ3v) is 5.94. The Labute approximate surface area is 151 Å². The van der Waals surface area contributed by atoms with Gasteiger partial charge in [-0.05, 0) is 16.9 Å².